The van der Waals surface area contributed by atoms with Crippen molar-refractivity contribution in [3.05, 3.63) is 89.0 Å². The summed E-state index contributed by atoms with van der Waals surface area (Å²) in [7, 11) is -3.99. The van der Waals surface area contributed by atoms with Gasteiger partial charge in [0.25, 0.3) is 11.8 Å². The Bertz CT molecular complexity index is 1160. The molecule has 3 N–H and O–H groups in total. The summed E-state index contributed by atoms with van der Waals surface area (Å²) in [5.74, 6) is -1.41. The van der Waals surface area contributed by atoms with Gasteiger partial charge in [-0.05, 0) is 23.8 Å². The predicted octanol–water partition coefficient (Wildman–Crippen LogP) is 1.68. The molecule has 0 unspecified atom stereocenters. The summed E-state index contributed by atoms with van der Waals surface area (Å²) in [6.45, 7) is 0.0596. The monoisotopic (exact) mass is 445 g/mol. The number of hydrogen-bond acceptors (Lipinski definition) is 6. The highest BCUT2D eigenvalue weighted by atomic mass is 35.5. The SMILES string of the molecule is O=C(NNC(=O)c1cnccn1)c1ccc(Cl)c(S(=O)(=O)NCc2ccccc2)c1. The quantitative estimate of drug-likeness (QED) is 0.495. The number of halogens is 1. The molecule has 0 saturated heterocycles. The Morgan fingerprint density at radius 2 is 1.70 bits per heavy atom. The van der Waals surface area contributed by atoms with E-state index < -0.39 is 21.8 Å². The van der Waals surface area contributed by atoms with Crippen LogP contribution < -0.4 is 15.6 Å². The molecule has 3 aromatic rings. The lowest BCUT2D eigenvalue weighted by Gasteiger charge is -2.11. The first kappa shape index (κ1) is 21.4. The molecular weight excluding hydrogens is 430 g/mol. The zero-order valence-electron chi connectivity index (χ0n) is 15.4. The standard InChI is InChI=1S/C19H16ClN5O4S/c20-15-7-6-14(18(26)24-25-19(27)16-12-21-8-9-22-16)10-17(15)30(28,29)23-11-13-4-2-1-3-5-13/h1-10,12,23H,11H2,(H,24,26)(H,25,27). The Labute approximate surface area is 177 Å². The van der Waals surface area contributed by atoms with Gasteiger partial charge in [-0.2, -0.15) is 0 Å². The second kappa shape index (κ2) is 9.44. The molecule has 30 heavy (non-hydrogen) atoms. The van der Waals surface area contributed by atoms with E-state index in [2.05, 4.69) is 25.5 Å². The van der Waals surface area contributed by atoms with Crippen LogP contribution in [0, 0.1) is 0 Å². The van der Waals surface area contributed by atoms with Crippen molar-refractivity contribution in [2.24, 2.45) is 0 Å². The largest absolute Gasteiger partial charge is 0.289 e. The highest BCUT2D eigenvalue weighted by Gasteiger charge is 2.20. The zero-order valence-corrected chi connectivity index (χ0v) is 16.9. The fourth-order valence-electron chi connectivity index (χ4n) is 2.37. The maximum Gasteiger partial charge on any atom is 0.289 e. The second-order valence-electron chi connectivity index (χ2n) is 5.95. The molecule has 154 valence electrons. The summed E-state index contributed by atoms with van der Waals surface area (Å²) in [5, 5.41) is -0.0456. The summed E-state index contributed by atoms with van der Waals surface area (Å²) < 4.78 is 27.7. The molecule has 9 nitrogen and oxygen atoms in total. The third-order valence-corrected chi connectivity index (χ3v) is 5.76. The molecule has 2 amide bonds. The van der Waals surface area contributed by atoms with E-state index in [-0.39, 0.29) is 27.7 Å². The Kier molecular flexibility index (Phi) is 6.72. The lowest BCUT2D eigenvalue weighted by atomic mass is 10.2. The first-order valence-electron chi connectivity index (χ1n) is 8.56. The van der Waals surface area contributed by atoms with Crippen LogP contribution in [0.15, 0.2) is 72.0 Å². The maximum atomic E-state index is 12.6. The van der Waals surface area contributed by atoms with E-state index in [1.807, 2.05) is 6.07 Å². The molecular formula is C19H16ClN5O4S. The molecule has 1 aromatic heterocycles. The van der Waals surface area contributed by atoms with E-state index in [1.54, 1.807) is 24.3 Å². The van der Waals surface area contributed by atoms with E-state index in [1.165, 1.54) is 30.7 Å². The summed E-state index contributed by atoms with van der Waals surface area (Å²) >= 11 is 6.04. The van der Waals surface area contributed by atoms with Crippen molar-refractivity contribution in [3.8, 4) is 0 Å². The third-order valence-electron chi connectivity index (χ3n) is 3.88. The molecule has 2 aromatic carbocycles. The Morgan fingerprint density at radius 3 is 2.40 bits per heavy atom. The Hall–Kier alpha value is -3.34. The van der Waals surface area contributed by atoms with Crippen LogP contribution in [0.2, 0.25) is 5.02 Å². The third kappa shape index (κ3) is 5.38. The molecule has 0 bridgehead atoms. The van der Waals surface area contributed by atoms with Gasteiger partial charge in [-0.3, -0.25) is 25.4 Å². The summed E-state index contributed by atoms with van der Waals surface area (Å²) in [5.41, 5.74) is 5.12. The fourth-order valence-corrected chi connectivity index (χ4v) is 3.91. The number of sulfonamides is 1. The van der Waals surface area contributed by atoms with Crippen LogP contribution in [-0.4, -0.2) is 30.2 Å². The minimum absolute atomic E-state index is 0.00212. The number of aromatic nitrogens is 2. The predicted molar refractivity (Wildman–Crippen MR) is 109 cm³/mol. The van der Waals surface area contributed by atoms with Crippen molar-refractivity contribution in [1.29, 1.82) is 0 Å². The van der Waals surface area contributed by atoms with E-state index >= 15 is 0 Å². The molecule has 3 rings (SSSR count). The molecule has 0 aliphatic heterocycles. The van der Waals surface area contributed by atoms with Crippen LogP contribution in [0.4, 0.5) is 0 Å². The van der Waals surface area contributed by atoms with Gasteiger partial charge >= 0.3 is 0 Å². The second-order valence-corrected chi connectivity index (χ2v) is 8.10. The maximum absolute atomic E-state index is 12.6. The number of amides is 2. The topological polar surface area (TPSA) is 130 Å². The molecule has 0 radical (unpaired) electrons. The van der Waals surface area contributed by atoms with Gasteiger partial charge in [0.15, 0.2) is 0 Å². The number of nitrogens with one attached hydrogen (secondary N) is 3. The first-order valence-corrected chi connectivity index (χ1v) is 10.4. The van der Waals surface area contributed by atoms with Crippen molar-refractivity contribution in [2.45, 2.75) is 11.4 Å². The number of rotatable bonds is 6. The molecule has 0 fully saturated rings. The molecule has 0 saturated carbocycles. The van der Waals surface area contributed by atoms with E-state index in [4.69, 9.17) is 11.6 Å². The molecule has 1 heterocycles. The van der Waals surface area contributed by atoms with Crippen LogP contribution >= 0.6 is 11.6 Å². The van der Waals surface area contributed by atoms with Crippen molar-refractivity contribution in [2.75, 3.05) is 0 Å². The molecule has 0 atom stereocenters. The van der Waals surface area contributed by atoms with Gasteiger partial charge < -0.3 is 0 Å². The van der Waals surface area contributed by atoms with E-state index in [0.29, 0.717) is 0 Å². The normalized spacial score (nSPS) is 11.0. The first-order chi connectivity index (χ1) is 14.4. The molecule has 11 heteroatoms. The summed E-state index contributed by atoms with van der Waals surface area (Å²) in [6.07, 6.45) is 3.96. The highest BCUT2D eigenvalue weighted by molar-refractivity contribution is 7.89. The van der Waals surface area contributed by atoms with Gasteiger partial charge in [-0.25, -0.2) is 18.1 Å². The molecule has 0 spiro atoms. The van der Waals surface area contributed by atoms with Gasteiger partial charge in [-0.15, -0.1) is 0 Å². The summed E-state index contributed by atoms with van der Waals surface area (Å²) in [4.78, 5) is 31.6. The van der Waals surface area contributed by atoms with Crippen molar-refractivity contribution >= 4 is 33.4 Å². The van der Waals surface area contributed by atoms with Crippen LogP contribution in [0.5, 0.6) is 0 Å². The zero-order chi connectivity index (χ0) is 21.6. The number of carbonyl (C=O) groups excluding carboxylic acids is 2. The number of benzene rings is 2. The van der Waals surface area contributed by atoms with Crippen molar-refractivity contribution in [1.82, 2.24) is 25.5 Å². The van der Waals surface area contributed by atoms with Crippen LogP contribution in [0.3, 0.4) is 0 Å². The van der Waals surface area contributed by atoms with Crippen LogP contribution in [-0.2, 0) is 16.6 Å². The number of nitrogens with zero attached hydrogens (tertiary/aromatic N) is 2. The smallest absolute Gasteiger partial charge is 0.267 e. The van der Waals surface area contributed by atoms with Gasteiger partial charge in [-0.1, -0.05) is 41.9 Å². The van der Waals surface area contributed by atoms with Crippen molar-refractivity contribution < 1.29 is 18.0 Å². The fraction of sp³-hybridized carbons (Fsp3) is 0.0526. The minimum atomic E-state index is -3.99. The number of carbonyl (C=O) groups is 2. The summed E-state index contributed by atoms with van der Waals surface area (Å²) in [6, 6.07) is 12.7. The highest BCUT2D eigenvalue weighted by Crippen LogP contribution is 2.23. The van der Waals surface area contributed by atoms with Gasteiger partial charge in [0.2, 0.25) is 10.0 Å². The molecule has 0 aliphatic carbocycles. The lowest BCUT2D eigenvalue weighted by Crippen LogP contribution is -2.42. The minimum Gasteiger partial charge on any atom is -0.267 e. The van der Waals surface area contributed by atoms with E-state index in [0.717, 1.165) is 11.6 Å². The molecule has 0 aliphatic rings. The van der Waals surface area contributed by atoms with Gasteiger partial charge in [0.1, 0.15) is 10.6 Å². The Morgan fingerprint density at radius 1 is 0.967 bits per heavy atom. The van der Waals surface area contributed by atoms with Crippen LogP contribution in [0.25, 0.3) is 0 Å². The van der Waals surface area contributed by atoms with Gasteiger partial charge in [0.05, 0.1) is 11.2 Å². The van der Waals surface area contributed by atoms with Crippen molar-refractivity contribution in [3.63, 3.8) is 0 Å². The average Bonchev–Trinajstić information content (AvgIpc) is 2.77. The number of hydrogen-bond donors (Lipinski definition) is 3. The Balaban J connectivity index is 1.70. The van der Waals surface area contributed by atoms with E-state index in [9.17, 15) is 18.0 Å². The lowest BCUT2D eigenvalue weighted by molar-refractivity contribution is 0.0843. The van der Waals surface area contributed by atoms with Gasteiger partial charge in [0, 0.05) is 24.5 Å². The average molecular weight is 446 g/mol. The van der Waals surface area contributed by atoms with Crippen LogP contribution in [0.1, 0.15) is 26.4 Å². The number of hydrazine groups is 1.